The number of likely N-dealkylation sites (tertiary alicyclic amines) is 1. The van der Waals surface area contributed by atoms with E-state index in [4.69, 9.17) is 0 Å². The average Bonchev–Trinajstić information content (AvgIpc) is 2.33. The largest absolute Gasteiger partial charge is 0.391 e. The molecule has 1 aliphatic rings. The van der Waals surface area contributed by atoms with Crippen LogP contribution < -0.4 is 5.32 Å². The van der Waals surface area contributed by atoms with Gasteiger partial charge in [0.25, 0.3) is 0 Å². The van der Waals surface area contributed by atoms with E-state index in [1.54, 1.807) is 0 Å². The van der Waals surface area contributed by atoms with E-state index in [1.165, 1.54) is 0 Å². The Labute approximate surface area is 114 Å². The maximum absolute atomic E-state index is 12.6. The van der Waals surface area contributed by atoms with Gasteiger partial charge in [0.05, 0.1) is 5.92 Å². The third kappa shape index (κ3) is 6.13. The standard InChI is InChI=1S/C14H27F3N2/c1-11(2)18-8-4-5-12(3)19-9-6-13(7-10-19)14(15,16)17/h11-13,18H,4-10H2,1-3H3. The van der Waals surface area contributed by atoms with E-state index < -0.39 is 12.1 Å². The van der Waals surface area contributed by atoms with Crippen molar-refractivity contribution in [2.75, 3.05) is 19.6 Å². The van der Waals surface area contributed by atoms with Gasteiger partial charge in [-0.15, -0.1) is 0 Å². The molecule has 0 aromatic heterocycles. The SMILES string of the molecule is CC(C)NCCCC(C)N1CCC(C(F)(F)F)CC1. The summed E-state index contributed by atoms with van der Waals surface area (Å²) in [6, 6.07) is 0.890. The molecule has 1 saturated heterocycles. The van der Waals surface area contributed by atoms with E-state index >= 15 is 0 Å². The summed E-state index contributed by atoms with van der Waals surface area (Å²) < 4.78 is 37.7. The topological polar surface area (TPSA) is 15.3 Å². The van der Waals surface area contributed by atoms with Gasteiger partial charge in [-0.05, 0) is 52.2 Å². The lowest BCUT2D eigenvalue weighted by Crippen LogP contribution is -2.43. The quantitative estimate of drug-likeness (QED) is 0.750. The van der Waals surface area contributed by atoms with Gasteiger partial charge in [0.1, 0.15) is 0 Å². The van der Waals surface area contributed by atoms with Crippen LogP contribution in [0.5, 0.6) is 0 Å². The minimum absolute atomic E-state index is 0.262. The molecular weight excluding hydrogens is 253 g/mol. The van der Waals surface area contributed by atoms with Crippen LogP contribution in [-0.4, -0.2) is 42.8 Å². The first-order valence-corrected chi connectivity index (χ1v) is 7.35. The second-order valence-corrected chi connectivity index (χ2v) is 5.95. The summed E-state index contributed by atoms with van der Waals surface area (Å²) in [6.45, 7) is 8.52. The van der Waals surface area contributed by atoms with Crippen molar-refractivity contribution in [2.24, 2.45) is 5.92 Å². The predicted octanol–water partition coefficient (Wildman–Crippen LogP) is 3.43. The summed E-state index contributed by atoms with van der Waals surface area (Å²) in [4.78, 5) is 2.21. The van der Waals surface area contributed by atoms with Gasteiger partial charge in [-0.3, -0.25) is 0 Å². The van der Waals surface area contributed by atoms with E-state index in [-0.39, 0.29) is 12.8 Å². The van der Waals surface area contributed by atoms with Crippen molar-refractivity contribution in [1.82, 2.24) is 10.2 Å². The fraction of sp³-hybridized carbons (Fsp3) is 1.00. The number of halogens is 3. The molecule has 1 aliphatic heterocycles. The molecule has 5 heteroatoms. The number of rotatable bonds is 6. The van der Waals surface area contributed by atoms with Crippen molar-refractivity contribution in [3.8, 4) is 0 Å². The van der Waals surface area contributed by atoms with E-state index in [0.717, 1.165) is 19.4 Å². The summed E-state index contributed by atoms with van der Waals surface area (Å²) in [5, 5.41) is 3.36. The molecule has 1 heterocycles. The second kappa shape index (κ2) is 7.48. The summed E-state index contributed by atoms with van der Waals surface area (Å²) in [5.41, 5.74) is 0. The Bertz CT molecular complexity index is 246. The molecule has 0 saturated carbocycles. The third-order valence-corrected chi connectivity index (χ3v) is 3.97. The zero-order chi connectivity index (χ0) is 14.5. The third-order valence-electron chi connectivity index (χ3n) is 3.97. The van der Waals surface area contributed by atoms with Crippen LogP contribution in [0, 0.1) is 5.92 Å². The fourth-order valence-corrected chi connectivity index (χ4v) is 2.64. The summed E-state index contributed by atoms with van der Waals surface area (Å²) in [5.74, 6) is -1.08. The van der Waals surface area contributed by atoms with Crippen molar-refractivity contribution in [3.63, 3.8) is 0 Å². The van der Waals surface area contributed by atoms with Gasteiger partial charge in [-0.2, -0.15) is 13.2 Å². The van der Waals surface area contributed by atoms with Gasteiger partial charge >= 0.3 is 6.18 Å². The molecular formula is C14H27F3N2. The lowest BCUT2D eigenvalue weighted by molar-refractivity contribution is -0.186. The summed E-state index contributed by atoms with van der Waals surface area (Å²) >= 11 is 0. The minimum Gasteiger partial charge on any atom is -0.315 e. The molecule has 114 valence electrons. The molecule has 0 aromatic carbocycles. The summed E-state index contributed by atoms with van der Waals surface area (Å²) in [6.07, 6.45) is -1.35. The first kappa shape index (κ1) is 16.8. The van der Waals surface area contributed by atoms with Crippen LogP contribution in [0.2, 0.25) is 0 Å². The molecule has 1 unspecified atom stereocenters. The van der Waals surface area contributed by atoms with Gasteiger partial charge in [0.15, 0.2) is 0 Å². The Balaban J connectivity index is 2.20. The van der Waals surface area contributed by atoms with Crippen LogP contribution >= 0.6 is 0 Å². The normalized spacial score (nSPS) is 21.0. The highest BCUT2D eigenvalue weighted by molar-refractivity contribution is 4.80. The van der Waals surface area contributed by atoms with Crippen molar-refractivity contribution < 1.29 is 13.2 Å². The Kier molecular flexibility index (Phi) is 6.60. The van der Waals surface area contributed by atoms with Crippen LogP contribution in [0.25, 0.3) is 0 Å². The highest BCUT2D eigenvalue weighted by Crippen LogP contribution is 2.34. The molecule has 1 atom stereocenters. The van der Waals surface area contributed by atoms with Gasteiger partial charge in [0.2, 0.25) is 0 Å². The van der Waals surface area contributed by atoms with E-state index in [0.29, 0.717) is 25.2 Å². The first-order chi connectivity index (χ1) is 8.80. The number of alkyl halides is 3. The van der Waals surface area contributed by atoms with Crippen LogP contribution in [0.3, 0.4) is 0 Å². The van der Waals surface area contributed by atoms with E-state index in [2.05, 4.69) is 31.0 Å². The molecule has 1 N–H and O–H groups in total. The highest BCUT2D eigenvalue weighted by Gasteiger charge is 2.41. The van der Waals surface area contributed by atoms with Crippen LogP contribution in [0.1, 0.15) is 46.5 Å². The number of hydrogen-bond donors (Lipinski definition) is 1. The molecule has 0 amide bonds. The van der Waals surface area contributed by atoms with Crippen LogP contribution in [0.15, 0.2) is 0 Å². The van der Waals surface area contributed by atoms with Crippen molar-refractivity contribution in [2.45, 2.75) is 64.7 Å². The van der Waals surface area contributed by atoms with E-state index in [9.17, 15) is 13.2 Å². The molecule has 0 bridgehead atoms. The van der Waals surface area contributed by atoms with Crippen LogP contribution in [0.4, 0.5) is 13.2 Å². The van der Waals surface area contributed by atoms with Gasteiger partial charge in [-0.25, -0.2) is 0 Å². The number of piperidine rings is 1. The minimum atomic E-state index is -4.00. The molecule has 0 spiro atoms. The highest BCUT2D eigenvalue weighted by atomic mass is 19.4. The maximum atomic E-state index is 12.6. The smallest absolute Gasteiger partial charge is 0.315 e. The molecule has 0 aromatic rings. The summed E-state index contributed by atoms with van der Waals surface area (Å²) in [7, 11) is 0. The molecule has 19 heavy (non-hydrogen) atoms. The van der Waals surface area contributed by atoms with Gasteiger partial charge in [-0.1, -0.05) is 13.8 Å². The maximum Gasteiger partial charge on any atom is 0.391 e. The predicted molar refractivity (Wildman–Crippen MR) is 72.2 cm³/mol. The van der Waals surface area contributed by atoms with Crippen molar-refractivity contribution in [1.29, 1.82) is 0 Å². The Morgan fingerprint density at radius 3 is 2.21 bits per heavy atom. The first-order valence-electron chi connectivity index (χ1n) is 7.35. The lowest BCUT2D eigenvalue weighted by Gasteiger charge is -2.36. The van der Waals surface area contributed by atoms with Crippen LogP contribution in [-0.2, 0) is 0 Å². The molecule has 1 fully saturated rings. The molecule has 2 nitrogen and oxygen atoms in total. The molecule has 0 radical (unpaired) electrons. The van der Waals surface area contributed by atoms with Gasteiger partial charge < -0.3 is 10.2 Å². The molecule has 1 rings (SSSR count). The number of hydrogen-bond acceptors (Lipinski definition) is 2. The monoisotopic (exact) mass is 280 g/mol. The lowest BCUT2D eigenvalue weighted by atomic mass is 9.95. The Morgan fingerprint density at radius 2 is 1.74 bits per heavy atom. The number of nitrogens with one attached hydrogen (secondary N) is 1. The van der Waals surface area contributed by atoms with E-state index in [1.807, 2.05) is 0 Å². The fourth-order valence-electron chi connectivity index (χ4n) is 2.64. The zero-order valence-electron chi connectivity index (χ0n) is 12.3. The van der Waals surface area contributed by atoms with Crippen molar-refractivity contribution in [3.05, 3.63) is 0 Å². The second-order valence-electron chi connectivity index (χ2n) is 5.95. The Morgan fingerprint density at radius 1 is 1.16 bits per heavy atom. The van der Waals surface area contributed by atoms with Crippen molar-refractivity contribution >= 4 is 0 Å². The zero-order valence-corrected chi connectivity index (χ0v) is 12.3. The number of nitrogens with zero attached hydrogens (tertiary/aromatic N) is 1. The average molecular weight is 280 g/mol. The Hall–Kier alpha value is -0.290. The van der Waals surface area contributed by atoms with Gasteiger partial charge in [0, 0.05) is 12.1 Å². The molecule has 0 aliphatic carbocycles.